The zero-order valence-electron chi connectivity index (χ0n) is 10.7. The Hall–Kier alpha value is -1.18. The van der Waals surface area contributed by atoms with Crippen molar-refractivity contribution >= 4 is 34.7 Å². The second-order valence-electron chi connectivity index (χ2n) is 3.82. The number of amidine groups is 1. The van der Waals surface area contributed by atoms with Gasteiger partial charge in [-0.3, -0.25) is 4.99 Å². The first-order chi connectivity index (χ1) is 9.17. The van der Waals surface area contributed by atoms with Gasteiger partial charge in [-0.05, 0) is 0 Å². The summed E-state index contributed by atoms with van der Waals surface area (Å²) in [5.74, 6) is 0.237. The van der Waals surface area contributed by atoms with Crippen LogP contribution in [0.25, 0.3) is 0 Å². The predicted molar refractivity (Wildman–Crippen MR) is 73.3 cm³/mol. The number of methoxy groups -OCH3 is 2. The van der Waals surface area contributed by atoms with Crippen molar-refractivity contribution in [3.05, 3.63) is 15.0 Å². The number of hydrogen-bond donors (Lipinski definition) is 0. The molecule has 0 aromatic carbocycles. The molecule has 2 heterocycles. The van der Waals surface area contributed by atoms with E-state index in [0.29, 0.717) is 40.6 Å². The van der Waals surface area contributed by atoms with Crippen molar-refractivity contribution < 1.29 is 14.3 Å². The van der Waals surface area contributed by atoms with E-state index >= 15 is 0 Å². The minimum Gasteiger partial charge on any atom is -0.465 e. The molecule has 8 heteroatoms. The molecule has 0 radical (unpaired) electrons. The molecular formula is C11H14ClN3O3S. The fourth-order valence-electron chi connectivity index (χ4n) is 1.80. The molecule has 0 aliphatic carbocycles. The summed E-state index contributed by atoms with van der Waals surface area (Å²) in [6.07, 6.45) is 0. The van der Waals surface area contributed by atoms with Crippen molar-refractivity contribution in [1.82, 2.24) is 9.88 Å². The average molecular weight is 304 g/mol. The molecule has 0 spiro atoms. The van der Waals surface area contributed by atoms with Crippen LogP contribution in [0.4, 0.5) is 0 Å². The standard InChI is InChI=1S/C11H14ClN3O3S/c1-17-6-5-15-4-3-13-9(15)7-8(10(16)18-2)19-11(12)14-7/h3-6H2,1-2H3. The summed E-state index contributed by atoms with van der Waals surface area (Å²) >= 11 is 7.00. The Labute approximate surface area is 120 Å². The number of aliphatic imine (C=N–C) groups is 1. The summed E-state index contributed by atoms with van der Waals surface area (Å²) in [4.78, 5) is 22.7. The number of thiazole rings is 1. The molecule has 1 aliphatic rings. The molecule has 0 N–H and O–H groups in total. The summed E-state index contributed by atoms with van der Waals surface area (Å²) in [6, 6.07) is 0. The molecule has 0 atom stereocenters. The van der Waals surface area contributed by atoms with E-state index in [1.54, 1.807) is 7.11 Å². The first-order valence-electron chi connectivity index (χ1n) is 5.70. The Morgan fingerprint density at radius 3 is 3.00 bits per heavy atom. The van der Waals surface area contributed by atoms with Gasteiger partial charge in [0.15, 0.2) is 10.3 Å². The van der Waals surface area contributed by atoms with Crippen LogP contribution in [0.15, 0.2) is 4.99 Å². The molecule has 104 valence electrons. The minimum atomic E-state index is -0.444. The highest BCUT2D eigenvalue weighted by atomic mass is 35.5. The molecule has 2 rings (SSSR count). The molecule has 0 fully saturated rings. The Morgan fingerprint density at radius 1 is 1.53 bits per heavy atom. The average Bonchev–Trinajstić information content (AvgIpc) is 3.01. The predicted octanol–water partition coefficient (Wildman–Crippen LogP) is 1.29. The fraction of sp³-hybridized carbons (Fsp3) is 0.545. The van der Waals surface area contributed by atoms with Gasteiger partial charge in [-0.25, -0.2) is 9.78 Å². The number of nitrogens with zero attached hydrogens (tertiary/aromatic N) is 3. The monoisotopic (exact) mass is 303 g/mol. The van der Waals surface area contributed by atoms with Crippen LogP contribution >= 0.6 is 22.9 Å². The van der Waals surface area contributed by atoms with Crippen LogP contribution in [-0.4, -0.2) is 62.1 Å². The number of carbonyl (C=O) groups excluding carboxylic acids is 1. The van der Waals surface area contributed by atoms with Crippen molar-refractivity contribution in [2.45, 2.75) is 0 Å². The lowest BCUT2D eigenvalue weighted by atomic mass is 10.3. The molecular weight excluding hydrogens is 290 g/mol. The molecule has 19 heavy (non-hydrogen) atoms. The lowest BCUT2D eigenvalue weighted by Crippen LogP contribution is -2.32. The number of carbonyl (C=O) groups is 1. The number of ether oxygens (including phenoxy) is 2. The van der Waals surface area contributed by atoms with Crippen molar-refractivity contribution in [3.8, 4) is 0 Å². The number of aromatic nitrogens is 1. The van der Waals surface area contributed by atoms with Gasteiger partial charge in [0.2, 0.25) is 0 Å². The number of halogens is 1. The van der Waals surface area contributed by atoms with Crippen LogP contribution in [0, 0.1) is 0 Å². The molecule has 0 saturated carbocycles. The van der Waals surface area contributed by atoms with E-state index in [1.807, 2.05) is 4.90 Å². The third-order valence-electron chi connectivity index (χ3n) is 2.68. The molecule has 1 aliphatic heterocycles. The molecule has 0 saturated heterocycles. The fourth-order valence-corrected chi connectivity index (χ4v) is 2.82. The zero-order valence-corrected chi connectivity index (χ0v) is 12.3. The van der Waals surface area contributed by atoms with Gasteiger partial charge in [0.05, 0.1) is 20.3 Å². The van der Waals surface area contributed by atoms with E-state index in [0.717, 1.165) is 17.9 Å². The van der Waals surface area contributed by atoms with E-state index in [-0.39, 0.29) is 0 Å². The highest BCUT2D eigenvalue weighted by molar-refractivity contribution is 7.17. The Morgan fingerprint density at radius 2 is 2.32 bits per heavy atom. The van der Waals surface area contributed by atoms with Gasteiger partial charge in [0.25, 0.3) is 0 Å². The van der Waals surface area contributed by atoms with Crippen molar-refractivity contribution in [3.63, 3.8) is 0 Å². The lowest BCUT2D eigenvalue weighted by molar-refractivity contribution is 0.0605. The maximum Gasteiger partial charge on any atom is 0.350 e. The topological polar surface area (TPSA) is 64.0 Å². The summed E-state index contributed by atoms with van der Waals surface area (Å²) < 4.78 is 10.1. The second-order valence-corrected chi connectivity index (χ2v) is 5.40. The summed E-state index contributed by atoms with van der Waals surface area (Å²) in [6.45, 7) is 2.75. The molecule has 0 amide bonds. The van der Waals surface area contributed by atoms with Crippen LogP contribution in [0.2, 0.25) is 4.47 Å². The quantitative estimate of drug-likeness (QED) is 0.767. The second kappa shape index (κ2) is 6.31. The maximum atomic E-state index is 11.7. The summed E-state index contributed by atoms with van der Waals surface area (Å²) in [5.41, 5.74) is 0.496. The molecule has 6 nitrogen and oxygen atoms in total. The van der Waals surface area contributed by atoms with E-state index < -0.39 is 5.97 Å². The van der Waals surface area contributed by atoms with E-state index in [2.05, 4.69) is 9.98 Å². The van der Waals surface area contributed by atoms with Crippen LogP contribution in [0.1, 0.15) is 15.4 Å². The van der Waals surface area contributed by atoms with Gasteiger partial charge in [0, 0.05) is 20.2 Å². The lowest BCUT2D eigenvalue weighted by Gasteiger charge is -2.18. The highest BCUT2D eigenvalue weighted by Crippen LogP contribution is 2.26. The normalized spacial score (nSPS) is 14.7. The summed E-state index contributed by atoms with van der Waals surface area (Å²) in [5, 5.41) is 0. The van der Waals surface area contributed by atoms with Gasteiger partial charge in [-0.1, -0.05) is 22.9 Å². The SMILES string of the molecule is COCCN1CCN=C1c1nc(Cl)sc1C(=O)OC. The van der Waals surface area contributed by atoms with E-state index in [9.17, 15) is 4.79 Å². The number of esters is 1. The first kappa shape index (κ1) is 14.2. The number of rotatable bonds is 5. The zero-order chi connectivity index (χ0) is 13.8. The molecule has 0 unspecified atom stereocenters. The molecule has 1 aromatic rings. The van der Waals surface area contributed by atoms with Gasteiger partial charge >= 0.3 is 5.97 Å². The third kappa shape index (κ3) is 3.05. The van der Waals surface area contributed by atoms with Crippen LogP contribution in [0.3, 0.4) is 0 Å². The molecule has 0 bridgehead atoms. The minimum absolute atomic E-state index is 0.302. The van der Waals surface area contributed by atoms with Crippen LogP contribution < -0.4 is 0 Å². The Kier molecular flexibility index (Phi) is 4.73. The first-order valence-corrected chi connectivity index (χ1v) is 6.90. The molecule has 1 aromatic heterocycles. The van der Waals surface area contributed by atoms with Gasteiger partial charge < -0.3 is 14.4 Å². The van der Waals surface area contributed by atoms with Crippen molar-refractivity contribution in [2.24, 2.45) is 4.99 Å². The van der Waals surface area contributed by atoms with Crippen LogP contribution in [-0.2, 0) is 9.47 Å². The van der Waals surface area contributed by atoms with Gasteiger partial charge in [-0.2, -0.15) is 0 Å². The maximum absolute atomic E-state index is 11.7. The van der Waals surface area contributed by atoms with E-state index in [4.69, 9.17) is 21.1 Å². The van der Waals surface area contributed by atoms with E-state index in [1.165, 1.54) is 7.11 Å². The Bertz CT molecular complexity index is 503. The third-order valence-corrected chi connectivity index (χ3v) is 3.82. The largest absolute Gasteiger partial charge is 0.465 e. The van der Waals surface area contributed by atoms with Crippen molar-refractivity contribution in [2.75, 3.05) is 40.5 Å². The summed E-state index contributed by atoms with van der Waals surface area (Å²) in [7, 11) is 2.98. The Balaban J connectivity index is 2.28. The van der Waals surface area contributed by atoms with Gasteiger partial charge in [0.1, 0.15) is 10.6 Å². The smallest absolute Gasteiger partial charge is 0.350 e. The highest BCUT2D eigenvalue weighted by Gasteiger charge is 2.27. The number of hydrogen-bond acceptors (Lipinski definition) is 7. The van der Waals surface area contributed by atoms with Crippen LogP contribution in [0.5, 0.6) is 0 Å². The van der Waals surface area contributed by atoms with Crippen molar-refractivity contribution in [1.29, 1.82) is 0 Å². The van der Waals surface area contributed by atoms with Gasteiger partial charge in [-0.15, -0.1) is 0 Å².